The molecule has 1 aliphatic carbocycles. The maximum atomic E-state index is 11.7. The first-order valence-electron chi connectivity index (χ1n) is 7.65. The highest BCUT2D eigenvalue weighted by Crippen LogP contribution is 2.38. The van der Waals surface area contributed by atoms with Gasteiger partial charge in [-0.05, 0) is 52.2 Å². The highest BCUT2D eigenvalue weighted by Gasteiger charge is 2.48. The summed E-state index contributed by atoms with van der Waals surface area (Å²) in [5, 5.41) is 12.9. The number of likely N-dealkylation sites (N-methyl/N-ethyl adjacent to an activating group) is 2. The highest BCUT2D eigenvalue weighted by atomic mass is 16.5. The Hall–Kier alpha value is -0.650. The second-order valence-electron chi connectivity index (χ2n) is 5.97. The molecule has 0 radical (unpaired) electrons. The number of hydrogen-bond acceptors (Lipinski definition) is 4. The van der Waals surface area contributed by atoms with E-state index in [9.17, 15) is 9.90 Å². The van der Waals surface area contributed by atoms with Crippen LogP contribution < -0.4 is 5.32 Å². The Labute approximate surface area is 122 Å². The standard InChI is InChI=1S/C15H30N2O3/c1-5-16-15(14(18)19)9-6-7-13(15)8-10-17(3)12(2)11-20-4/h12-13,16H,5-11H2,1-4H3,(H,18,19). The Balaban J connectivity index is 2.59. The smallest absolute Gasteiger partial charge is 0.324 e. The van der Waals surface area contributed by atoms with Crippen molar-refractivity contribution in [2.24, 2.45) is 5.92 Å². The summed E-state index contributed by atoms with van der Waals surface area (Å²) in [6, 6.07) is 0.361. The van der Waals surface area contributed by atoms with E-state index in [2.05, 4.69) is 24.2 Å². The maximum absolute atomic E-state index is 11.7. The monoisotopic (exact) mass is 286 g/mol. The van der Waals surface area contributed by atoms with Gasteiger partial charge >= 0.3 is 5.97 Å². The second kappa shape index (κ2) is 7.96. The molecule has 2 N–H and O–H groups in total. The molecule has 0 aromatic heterocycles. The summed E-state index contributed by atoms with van der Waals surface area (Å²) in [7, 11) is 3.79. The Bertz CT molecular complexity index is 311. The van der Waals surface area contributed by atoms with Crippen molar-refractivity contribution < 1.29 is 14.6 Å². The van der Waals surface area contributed by atoms with Gasteiger partial charge in [-0.25, -0.2) is 0 Å². The van der Waals surface area contributed by atoms with Crippen LogP contribution in [0.4, 0.5) is 0 Å². The molecule has 0 saturated heterocycles. The Kier molecular flexibility index (Phi) is 6.92. The average molecular weight is 286 g/mol. The number of aliphatic carboxylic acids is 1. The van der Waals surface area contributed by atoms with E-state index in [4.69, 9.17) is 4.74 Å². The molecule has 5 nitrogen and oxygen atoms in total. The number of nitrogens with one attached hydrogen (secondary N) is 1. The zero-order chi connectivity index (χ0) is 15.2. The van der Waals surface area contributed by atoms with Crippen LogP contribution in [0.3, 0.4) is 0 Å². The summed E-state index contributed by atoms with van der Waals surface area (Å²) in [5.41, 5.74) is -0.708. The van der Waals surface area contributed by atoms with E-state index < -0.39 is 11.5 Å². The van der Waals surface area contributed by atoms with Crippen LogP contribution in [0, 0.1) is 5.92 Å². The molecule has 1 aliphatic rings. The number of hydrogen-bond donors (Lipinski definition) is 2. The van der Waals surface area contributed by atoms with Crippen LogP contribution in [0.15, 0.2) is 0 Å². The van der Waals surface area contributed by atoms with Crippen molar-refractivity contribution in [1.29, 1.82) is 0 Å². The van der Waals surface area contributed by atoms with Gasteiger partial charge in [0.2, 0.25) is 0 Å². The normalized spacial score (nSPS) is 27.9. The summed E-state index contributed by atoms with van der Waals surface area (Å²) in [5.74, 6) is -0.466. The van der Waals surface area contributed by atoms with E-state index in [-0.39, 0.29) is 5.92 Å². The third-order valence-corrected chi connectivity index (χ3v) is 4.69. The lowest BCUT2D eigenvalue weighted by Gasteiger charge is -2.34. The lowest BCUT2D eigenvalue weighted by molar-refractivity contribution is -0.146. The van der Waals surface area contributed by atoms with Gasteiger partial charge in [0.1, 0.15) is 5.54 Å². The zero-order valence-corrected chi connectivity index (χ0v) is 13.3. The fourth-order valence-corrected chi connectivity index (χ4v) is 3.32. The molecule has 118 valence electrons. The second-order valence-corrected chi connectivity index (χ2v) is 5.97. The molecule has 3 atom stereocenters. The molecule has 0 aliphatic heterocycles. The fourth-order valence-electron chi connectivity index (χ4n) is 3.32. The number of rotatable bonds is 9. The predicted molar refractivity (Wildman–Crippen MR) is 80.0 cm³/mol. The number of ether oxygens (including phenoxy) is 1. The van der Waals surface area contributed by atoms with Crippen molar-refractivity contribution in [3.8, 4) is 0 Å². The van der Waals surface area contributed by atoms with E-state index in [0.29, 0.717) is 19.2 Å². The third-order valence-electron chi connectivity index (χ3n) is 4.69. The van der Waals surface area contributed by atoms with Crippen LogP contribution >= 0.6 is 0 Å². The van der Waals surface area contributed by atoms with E-state index >= 15 is 0 Å². The van der Waals surface area contributed by atoms with Crippen LogP contribution in [-0.2, 0) is 9.53 Å². The van der Waals surface area contributed by atoms with Crippen molar-refractivity contribution in [1.82, 2.24) is 10.2 Å². The minimum absolute atomic E-state index is 0.220. The van der Waals surface area contributed by atoms with Crippen molar-refractivity contribution in [3.63, 3.8) is 0 Å². The van der Waals surface area contributed by atoms with Gasteiger partial charge in [-0.2, -0.15) is 0 Å². The molecule has 0 aromatic rings. The van der Waals surface area contributed by atoms with Crippen molar-refractivity contribution in [2.75, 3.05) is 33.9 Å². The summed E-state index contributed by atoms with van der Waals surface area (Å²) < 4.78 is 5.17. The number of carbonyl (C=O) groups is 1. The van der Waals surface area contributed by atoms with Gasteiger partial charge in [-0.3, -0.25) is 4.79 Å². The first-order chi connectivity index (χ1) is 9.47. The van der Waals surface area contributed by atoms with Crippen LogP contribution in [-0.4, -0.2) is 61.4 Å². The van der Waals surface area contributed by atoms with Crippen LogP contribution in [0.5, 0.6) is 0 Å². The van der Waals surface area contributed by atoms with Gasteiger partial charge in [0.15, 0.2) is 0 Å². The van der Waals surface area contributed by atoms with Gasteiger partial charge in [0, 0.05) is 13.2 Å². The molecule has 0 aromatic carbocycles. The van der Waals surface area contributed by atoms with Crippen LogP contribution in [0.1, 0.15) is 39.5 Å². The molecule has 5 heteroatoms. The first kappa shape index (κ1) is 17.4. The topological polar surface area (TPSA) is 61.8 Å². The molecule has 20 heavy (non-hydrogen) atoms. The number of nitrogens with zero attached hydrogens (tertiary/aromatic N) is 1. The number of carboxylic acids is 1. The molecule has 0 spiro atoms. The van der Waals surface area contributed by atoms with Crippen LogP contribution in [0.2, 0.25) is 0 Å². The van der Waals surface area contributed by atoms with E-state index in [1.165, 1.54) is 0 Å². The number of methoxy groups -OCH3 is 1. The number of carboxylic acid groups (broad SMARTS) is 1. The van der Waals surface area contributed by atoms with E-state index in [1.54, 1.807) is 7.11 Å². The summed E-state index contributed by atoms with van der Waals surface area (Å²) in [6.07, 6.45) is 3.68. The van der Waals surface area contributed by atoms with Crippen LogP contribution in [0.25, 0.3) is 0 Å². The van der Waals surface area contributed by atoms with Crippen molar-refractivity contribution >= 4 is 5.97 Å². The first-order valence-corrected chi connectivity index (χ1v) is 7.65. The minimum Gasteiger partial charge on any atom is -0.480 e. The Morgan fingerprint density at radius 1 is 1.60 bits per heavy atom. The lowest BCUT2D eigenvalue weighted by atomic mass is 9.84. The molecule has 1 saturated carbocycles. The molecule has 1 fully saturated rings. The molecule has 3 unspecified atom stereocenters. The van der Waals surface area contributed by atoms with Gasteiger partial charge in [-0.1, -0.05) is 13.3 Å². The molecule has 0 amide bonds. The Morgan fingerprint density at radius 3 is 2.85 bits per heavy atom. The summed E-state index contributed by atoms with van der Waals surface area (Å²) >= 11 is 0. The molecular formula is C15H30N2O3. The maximum Gasteiger partial charge on any atom is 0.324 e. The fraction of sp³-hybridized carbons (Fsp3) is 0.933. The van der Waals surface area contributed by atoms with Gasteiger partial charge in [0.25, 0.3) is 0 Å². The van der Waals surface area contributed by atoms with Gasteiger partial charge in [-0.15, -0.1) is 0 Å². The summed E-state index contributed by atoms with van der Waals surface area (Å²) in [4.78, 5) is 14.0. The highest BCUT2D eigenvalue weighted by molar-refractivity contribution is 5.79. The molecule has 1 rings (SSSR count). The van der Waals surface area contributed by atoms with Crippen molar-refractivity contribution in [2.45, 2.75) is 51.1 Å². The molecule has 0 heterocycles. The Morgan fingerprint density at radius 2 is 2.30 bits per heavy atom. The van der Waals surface area contributed by atoms with Crippen molar-refractivity contribution in [3.05, 3.63) is 0 Å². The van der Waals surface area contributed by atoms with E-state index in [0.717, 1.165) is 32.2 Å². The minimum atomic E-state index is -0.708. The van der Waals surface area contributed by atoms with E-state index in [1.807, 2.05) is 6.92 Å². The zero-order valence-electron chi connectivity index (χ0n) is 13.3. The van der Waals surface area contributed by atoms with Gasteiger partial charge < -0.3 is 20.1 Å². The largest absolute Gasteiger partial charge is 0.480 e. The molecular weight excluding hydrogens is 256 g/mol. The average Bonchev–Trinajstić information content (AvgIpc) is 2.81. The summed E-state index contributed by atoms with van der Waals surface area (Å²) in [6.45, 7) is 6.44. The predicted octanol–water partition coefficient (Wildman–Crippen LogP) is 1.58. The molecule has 0 bridgehead atoms. The SMILES string of the molecule is CCNC1(C(=O)O)CCCC1CCN(C)C(C)COC. The van der Waals surface area contributed by atoms with Gasteiger partial charge in [0.05, 0.1) is 6.61 Å². The lowest BCUT2D eigenvalue weighted by Crippen LogP contribution is -2.55. The quantitative estimate of drug-likeness (QED) is 0.674. The third kappa shape index (κ3) is 3.93.